The van der Waals surface area contributed by atoms with Crippen LogP contribution in [0.25, 0.3) is 11.1 Å². The molecule has 6 rings (SSSR count). The molecule has 0 saturated carbocycles. The largest absolute Gasteiger partial charge is 0.496 e. The number of carbonyl (C=O) groups excluding carboxylic acids is 4. The normalized spacial score (nSPS) is 19.5. The SMILES string of the molecule is COc1cc(OC(C)=O)c2c3c1-c1c(ccc(OC(C)=O)c1OC(C)=O)[C@@H]1Oc4ccccc4[C@@H](CC2=O)[C@@H]31. The standard InChI is InChI=1S/C30H24O9/c1-13(31)36-21-10-9-17-24(30(21)38-15(3)33)27-22(35-4)12-23(37-14(2)32)26-19(34)11-18-16-7-5-6-8-20(16)39-29(17)25(18)28(26)27/h5-10,12,18,25,29H,11H2,1-4H3/t18-,25+,29+/m1/s1. The van der Waals surface area contributed by atoms with E-state index in [2.05, 4.69) is 0 Å². The van der Waals surface area contributed by atoms with E-state index in [1.165, 1.54) is 33.9 Å². The second-order valence-corrected chi connectivity index (χ2v) is 9.71. The molecular weight excluding hydrogens is 504 g/mol. The molecule has 1 aliphatic heterocycles. The molecule has 39 heavy (non-hydrogen) atoms. The fraction of sp³-hybridized carbons (Fsp3) is 0.267. The zero-order chi connectivity index (χ0) is 27.6. The lowest BCUT2D eigenvalue weighted by Crippen LogP contribution is -2.37. The quantitative estimate of drug-likeness (QED) is 0.339. The first-order valence-corrected chi connectivity index (χ1v) is 12.5. The van der Waals surface area contributed by atoms with E-state index < -0.39 is 24.0 Å². The van der Waals surface area contributed by atoms with Crippen LogP contribution in [0, 0.1) is 0 Å². The maximum atomic E-state index is 13.8. The number of carbonyl (C=O) groups is 4. The Morgan fingerprint density at radius 3 is 2.18 bits per heavy atom. The molecule has 0 radical (unpaired) electrons. The summed E-state index contributed by atoms with van der Waals surface area (Å²) in [6.45, 7) is 3.75. The minimum atomic E-state index is -0.632. The van der Waals surface area contributed by atoms with Crippen LogP contribution in [0.15, 0.2) is 42.5 Å². The fourth-order valence-electron chi connectivity index (χ4n) is 6.14. The molecule has 0 N–H and O–H groups in total. The van der Waals surface area contributed by atoms with Crippen molar-refractivity contribution in [2.75, 3.05) is 7.11 Å². The lowest BCUT2D eigenvalue weighted by molar-refractivity contribution is -0.134. The Kier molecular flexibility index (Phi) is 5.67. The van der Waals surface area contributed by atoms with E-state index in [0.717, 1.165) is 5.56 Å². The Balaban J connectivity index is 1.76. The second kappa shape index (κ2) is 8.97. The van der Waals surface area contributed by atoms with Crippen molar-refractivity contribution in [3.8, 4) is 39.9 Å². The van der Waals surface area contributed by atoms with Crippen LogP contribution in [0.1, 0.15) is 72.2 Å². The Labute approximate surface area is 223 Å². The van der Waals surface area contributed by atoms with Gasteiger partial charge in [0.1, 0.15) is 23.4 Å². The van der Waals surface area contributed by atoms with Gasteiger partial charge in [0.2, 0.25) is 0 Å². The highest BCUT2D eigenvalue weighted by Crippen LogP contribution is 2.65. The highest BCUT2D eigenvalue weighted by molar-refractivity contribution is 6.07. The van der Waals surface area contributed by atoms with Crippen LogP contribution in [0.2, 0.25) is 0 Å². The number of hydrogen-bond acceptors (Lipinski definition) is 9. The van der Waals surface area contributed by atoms with E-state index in [9.17, 15) is 19.2 Å². The van der Waals surface area contributed by atoms with Gasteiger partial charge in [-0.25, -0.2) is 0 Å². The molecule has 9 heteroatoms. The van der Waals surface area contributed by atoms with Crippen molar-refractivity contribution in [1.29, 1.82) is 0 Å². The molecule has 0 amide bonds. The van der Waals surface area contributed by atoms with E-state index in [-0.39, 0.29) is 46.9 Å². The van der Waals surface area contributed by atoms with Crippen LogP contribution in [-0.2, 0) is 14.4 Å². The van der Waals surface area contributed by atoms with Crippen LogP contribution in [0.4, 0.5) is 0 Å². The topological polar surface area (TPSA) is 114 Å². The van der Waals surface area contributed by atoms with Crippen molar-refractivity contribution < 1.29 is 42.9 Å². The third kappa shape index (κ3) is 3.76. The van der Waals surface area contributed by atoms with E-state index in [1.54, 1.807) is 12.1 Å². The Morgan fingerprint density at radius 2 is 1.49 bits per heavy atom. The van der Waals surface area contributed by atoms with Gasteiger partial charge in [0.05, 0.1) is 12.7 Å². The molecule has 0 saturated heterocycles. The summed E-state index contributed by atoms with van der Waals surface area (Å²) in [7, 11) is 1.46. The monoisotopic (exact) mass is 528 g/mol. The van der Waals surface area contributed by atoms with E-state index in [4.69, 9.17) is 23.7 Å². The van der Waals surface area contributed by atoms with Crippen molar-refractivity contribution in [3.05, 3.63) is 64.7 Å². The van der Waals surface area contributed by atoms with Crippen LogP contribution in [-0.4, -0.2) is 30.8 Å². The molecular formula is C30H24O9. The smallest absolute Gasteiger partial charge is 0.308 e. The molecule has 0 unspecified atom stereocenters. The summed E-state index contributed by atoms with van der Waals surface area (Å²) in [5.41, 5.74) is 3.31. The Hall–Kier alpha value is -4.66. The zero-order valence-corrected chi connectivity index (χ0v) is 21.7. The van der Waals surface area contributed by atoms with Crippen LogP contribution in [0.3, 0.4) is 0 Å². The average Bonchev–Trinajstić information content (AvgIpc) is 2.88. The maximum Gasteiger partial charge on any atom is 0.308 e. The minimum Gasteiger partial charge on any atom is -0.496 e. The highest BCUT2D eigenvalue weighted by atomic mass is 16.6. The summed E-state index contributed by atoms with van der Waals surface area (Å²) in [5, 5.41) is 0. The molecule has 3 aromatic rings. The second-order valence-electron chi connectivity index (χ2n) is 9.71. The first kappa shape index (κ1) is 24.7. The van der Waals surface area contributed by atoms with Crippen molar-refractivity contribution in [2.45, 2.75) is 45.1 Å². The van der Waals surface area contributed by atoms with Crippen molar-refractivity contribution in [3.63, 3.8) is 0 Å². The predicted octanol–water partition coefficient (Wildman–Crippen LogP) is 5.04. The van der Waals surface area contributed by atoms with Gasteiger partial charge in [-0.1, -0.05) is 24.3 Å². The van der Waals surface area contributed by atoms with Gasteiger partial charge >= 0.3 is 17.9 Å². The molecule has 198 valence electrons. The molecule has 0 bridgehead atoms. The molecule has 3 aliphatic rings. The van der Waals surface area contributed by atoms with Gasteiger partial charge in [0, 0.05) is 61.8 Å². The van der Waals surface area contributed by atoms with Gasteiger partial charge in [-0.15, -0.1) is 0 Å². The number of esters is 3. The number of Topliss-reactive ketones (excluding diaryl/α,β-unsaturated/α-hetero) is 1. The molecule has 9 nitrogen and oxygen atoms in total. The first-order valence-electron chi connectivity index (χ1n) is 12.5. The summed E-state index contributed by atoms with van der Waals surface area (Å²) in [4.78, 5) is 50.0. The van der Waals surface area contributed by atoms with Gasteiger partial charge in [-0.05, 0) is 23.3 Å². The molecule has 3 aromatic carbocycles. The highest BCUT2D eigenvalue weighted by Gasteiger charge is 2.52. The zero-order valence-electron chi connectivity index (χ0n) is 21.7. The molecule has 0 spiro atoms. The van der Waals surface area contributed by atoms with Gasteiger partial charge in [0.25, 0.3) is 0 Å². The van der Waals surface area contributed by atoms with Crippen molar-refractivity contribution >= 4 is 23.7 Å². The lowest BCUT2D eigenvalue weighted by Gasteiger charge is -2.47. The fourth-order valence-corrected chi connectivity index (χ4v) is 6.14. The lowest BCUT2D eigenvalue weighted by atomic mass is 9.61. The number of methoxy groups -OCH3 is 1. The Bertz CT molecular complexity index is 1600. The number of benzene rings is 3. The third-order valence-corrected chi connectivity index (χ3v) is 7.33. The number of ether oxygens (including phenoxy) is 5. The molecule has 2 aliphatic carbocycles. The van der Waals surface area contributed by atoms with E-state index in [0.29, 0.717) is 33.8 Å². The maximum absolute atomic E-state index is 13.8. The number of rotatable bonds is 4. The number of ketones is 1. The van der Waals surface area contributed by atoms with Gasteiger partial charge in [0.15, 0.2) is 17.3 Å². The number of fused-ring (bicyclic) bond motifs is 5. The van der Waals surface area contributed by atoms with Crippen LogP contribution in [0.5, 0.6) is 28.7 Å². The third-order valence-electron chi connectivity index (χ3n) is 7.33. The first-order chi connectivity index (χ1) is 18.7. The van der Waals surface area contributed by atoms with E-state index >= 15 is 0 Å². The average molecular weight is 529 g/mol. The summed E-state index contributed by atoms with van der Waals surface area (Å²) in [5.74, 6) is -1.51. The van der Waals surface area contributed by atoms with E-state index in [1.807, 2.05) is 24.3 Å². The number of para-hydroxylation sites is 1. The van der Waals surface area contributed by atoms with Gasteiger partial charge < -0.3 is 23.7 Å². The predicted molar refractivity (Wildman–Crippen MR) is 137 cm³/mol. The van der Waals surface area contributed by atoms with Crippen molar-refractivity contribution in [2.24, 2.45) is 0 Å². The molecule has 1 heterocycles. The molecule has 0 aromatic heterocycles. The minimum absolute atomic E-state index is 0.00594. The number of hydrogen-bond donors (Lipinski definition) is 0. The van der Waals surface area contributed by atoms with Crippen molar-refractivity contribution in [1.82, 2.24) is 0 Å². The van der Waals surface area contributed by atoms with Crippen LogP contribution < -0.4 is 23.7 Å². The molecule has 3 atom stereocenters. The summed E-state index contributed by atoms with van der Waals surface area (Å²) in [6.07, 6.45) is -0.399. The summed E-state index contributed by atoms with van der Waals surface area (Å²) >= 11 is 0. The summed E-state index contributed by atoms with van der Waals surface area (Å²) < 4.78 is 29.0. The Morgan fingerprint density at radius 1 is 0.795 bits per heavy atom. The summed E-state index contributed by atoms with van der Waals surface area (Å²) in [6, 6.07) is 12.4. The van der Waals surface area contributed by atoms with Crippen LogP contribution >= 0.6 is 0 Å². The molecule has 0 fully saturated rings. The van der Waals surface area contributed by atoms with Gasteiger partial charge in [-0.2, -0.15) is 0 Å². The van der Waals surface area contributed by atoms with Gasteiger partial charge in [-0.3, -0.25) is 19.2 Å².